The monoisotopic (exact) mass is 190 g/mol. The molecule has 1 heterocycles. The van der Waals surface area contributed by atoms with Gasteiger partial charge >= 0.3 is 7.12 Å². The van der Waals surface area contributed by atoms with E-state index < -0.39 is 7.12 Å². The summed E-state index contributed by atoms with van der Waals surface area (Å²) < 4.78 is 0. The number of nitrogens with one attached hydrogen (secondary N) is 1. The number of aromatic amines is 1. The first-order valence-corrected chi connectivity index (χ1v) is 4.01. The Morgan fingerprint density at radius 1 is 1.43 bits per heavy atom. The van der Waals surface area contributed by atoms with E-state index in [1.807, 2.05) is 0 Å². The average Bonchev–Trinajstić information content (AvgIpc) is 2.64. The molecule has 0 aliphatic carbocycles. The molecule has 0 unspecified atom stereocenters. The number of hydrogen-bond acceptors (Lipinski definition) is 4. The van der Waals surface area contributed by atoms with E-state index in [1.165, 1.54) is 18.5 Å². The number of aldehydes is 1. The molecule has 0 aliphatic rings. The van der Waals surface area contributed by atoms with Gasteiger partial charge in [-0.25, -0.2) is 4.98 Å². The van der Waals surface area contributed by atoms with Crippen LogP contribution in [0, 0.1) is 0 Å². The molecule has 5 nitrogen and oxygen atoms in total. The first kappa shape index (κ1) is 8.92. The molecule has 0 radical (unpaired) electrons. The minimum Gasteiger partial charge on any atom is -0.423 e. The van der Waals surface area contributed by atoms with Crippen molar-refractivity contribution in [3.8, 4) is 0 Å². The summed E-state index contributed by atoms with van der Waals surface area (Å²) in [6.07, 6.45) is 2.09. The number of fused-ring (bicyclic) bond motifs is 1. The van der Waals surface area contributed by atoms with Crippen LogP contribution in [0.4, 0.5) is 0 Å². The lowest BCUT2D eigenvalue weighted by molar-refractivity contribution is 0.112. The highest BCUT2D eigenvalue weighted by molar-refractivity contribution is 6.61. The van der Waals surface area contributed by atoms with Gasteiger partial charge in [-0.1, -0.05) is 6.07 Å². The van der Waals surface area contributed by atoms with Crippen molar-refractivity contribution in [1.82, 2.24) is 9.97 Å². The fourth-order valence-corrected chi connectivity index (χ4v) is 1.38. The third-order valence-electron chi connectivity index (χ3n) is 2.05. The fraction of sp³-hybridized carbons (Fsp3) is 0. The topological polar surface area (TPSA) is 86.2 Å². The first-order chi connectivity index (χ1) is 6.74. The van der Waals surface area contributed by atoms with E-state index in [1.54, 1.807) is 0 Å². The molecule has 3 N–H and O–H groups in total. The molecule has 0 aliphatic heterocycles. The van der Waals surface area contributed by atoms with Crippen molar-refractivity contribution in [1.29, 1.82) is 0 Å². The summed E-state index contributed by atoms with van der Waals surface area (Å²) >= 11 is 0. The number of nitrogens with zero attached hydrogens (tertiary/aromatic N) is 1. The van der Waals surface area contributed by atoms with E-state index in [-0.39, 0.29) is 5.46 Å². The van der Waals surface area contributed by atoms with Crippen LogP contribution in [0.1, 0.15) is 10.4 Å². The summed E-state index contributed by atoms with van der Waals surface area (Å²) in [6, 6.07) is 2.99. The number of H-pyrrole nitrogens is 1. The summed E-state index contributed by atoms with van der Waals surface area (Å²) in [6.45, 7) is 0. The van der Waals surface area contributed by atoms with Gasteiger partial charge in [-0.3, -0.25) is 4.79 Å². The third-order valence-corrected chi connectivity index (χ3v) is 2.05. The van der Waals surface area contributed by atoms with Gasteiger partial charge in [0.05, 0.1) is 17.4 Å². The van der Waals surface area contributed by atoms with Gasteiger partial charge in [-0.05, 0) is 6.07 Å². The number of carbonyl (C=O) groups excluding carboxylic acids is 1. The van der Waals surface area contributed by atoms with Gasteiger partial charge in [0.25, 0.3) is 0 Å². The molecule has 70 valence electrons. The van der Waals surface area contributed by atoms with Crippen molar-refractivity contribution in [2.75, 3.05) is 0 Å². The second kappa shape index (κ2) is 3.24. The summed E-state index contributed by atoms with van der Waals surface area (Å²) in [5, 5.41) is 18.0. The average molecular weight is 190 g/mol. The summed E-state index contributed by atoms with van der Waals surface area (Å²) in [5.74, 6) is 0. The zero-order valence-electron chi connectivity index (χ0n) is 7.14. The van der Waals surface area contributed by atoms with Gasteiger partial charge in [0.2, 0.25) is 0 Å². The second-order valence-corrected chi connectivity index (χ2v) is 2.86. The molecular weight excluding hydrogens is 183 g/mol. The standard InChI is InChI=1S/C8H7BN2O3/c12-3-5-1-2-6(9(13)14)8-7(5)10-4-11-8/h1-4,13-14H,(H,10,11). The molecule has 0 bridgehead atoms. The minimum absolute atomic E-state index is 0.284. The van der Waals surface area contributed by atoms with Gasteiger partial charge in [-0.2, -0.15) is 0 Å². The van der Waals surface area contributed by atoms with Crippen molar-refractivity contribution >= 4 is 29.9 Å². The highest BCUT2D eigenvalue weighted by Gasteiger charge is 2.17. The van der Waals surface area contributed by atoms with E-state index in [4.69, 9.17) is 10.0 Å². The van der Waals surface area contributed by atoms with E-state index in [9.17, 15) is 4.79 Å². The Kier molecular flexibility index (Phi) is 2.07. The smallest absolute Gasteiger partial charge is 0.423 e. The number of rotatable bonds is 2. The minimum atomic E-state index is -1.58. The summed E-state index contributed by atoms with van der Waals surface area (Å²) in [7, 11) is -1.58. The Morgan fingerprint density at radius 2 is 2.21 bits per heavy atom. The molecule has 2 aromatic rings. The molecule has 1 aromatic carbocycles. The van der Waals surface area contributed by atoms with Crippen molar-refractivity contribution in [3.05, 3.63) is 24.0 Å². The molecule has 2 rings (SSSR count). The van der Waals surface area contributed by atoms with Crippen LogP contribution in [0.15, 0.2) is 18.5 Å². The molecule has 0 saturated heterocycles. The van der Waals surface area contributed by atoms with E-state index in [0.29, 0.717) is 22.9 Å². The van der Waals surface area contributed by atoms with Gasteiger partial charge < -0.3 is 15.0 Å². The molecule has 1 aromatic heterocycles. The molecule has 0 saturated carbocycles. The van der Waals surface area contributed by atoms with Crippen LogP contribution >= 0.6 is 0 Å². The number of carbonyl (C=O) groups is 1. The summed E-state index contributed by atoms with van der Waals surface area (Å²) in [4.78, 5) is 17.3. The maximum absolute atomic E-state index is 10.6. The predicted octanol–water partition coefficient (Wildman–Crippen LogP) is -0.945. The zero-order valence-corrected chi connectivity index (χ0v) is 7.14. The van der Waals surface area contributed by atoms with Crippen molar-refractivity contribution in [2.24, 2.45) is 0 Å². The van der Waals surface area contributed by atoms with Crippen LogP contribution in [0.2, 0.25) is 0 Å². The van der Waals surface area contributed by atoms with Crippen molar-refractivity contribution < 1.29 is 14.8 Å². The quantitative estimate of drug-likeness (QED) is 0.421. The lowest BCUT2D eigenvalue weighted by Gasteiger charge is -2.01. The number of hydrogen-bond donors (Lipinski definition) is 3. The van der Waals surface area contributed by atoms with Gasteiger partial charge in [-0.15, -0.1) is 0 Å². The maximum atomic E-state index is 10.6. The van der Waals surface area contributed by atoms with Crippen LogP contribution in [-0.2, 0) is 0 Å². The van der Waals surface area contributed by atoms with Gasteiger partial charge in [0.1, 0.15) is 0 Å². The van der Waals surface area contributed by atoms with Crippen LogP contribution in [0.3, 0.4) is 0 Å². The van der Waals surface area contributed by atoms with Crippen LogP contribution < -0.4 is 5.46 Å². The Morgan fingerprint density at radius 3 is 2.86 bits per heavy atom. The SMILES string of the molecule is O=Cc1ccc(B(O)O)c2nc[nH]c12. The molecule has 0 atom stereocenters. The second-order valence-electron chi connectivity index (χ2n) is 2.86. The van der Waals surface area contributed by atoms with E-state index in [2.05, 4.69) is 9.97 Å². The van der Waals surface area contributed by atoms with Crippen LogP contribution in [0.5, 0.6) is 0 Å². The number of benzene rings is 1. The molecule has 6 heteroatoms. The normalized spacial score (nSPS) is 10.4. The molecule has 14 heavy (non-hydrogen) atoms. The first-order valence-electron chi connectivity index (χ1n) is 4.01. The largest absolute Gasteiger partial charge is 0.490 e. The summed E-state index contributed by atoms with van der Waals surface area (Å²) in [5.41, 5.74) is 1.66. The highest BCUT2D eigenvalue weighted by Crippen LogP contribution is 2.11. The van der Waals surface area contributed by atoms with Crippen LogP contribution in [-0.4, -0.2) is 33.4 Å². The zero-order chi connectivity index (χ0) is 10.1. The highest BCUT2D eigenvalue weighted by atomic mass is 16.4. The Balaban J connectivity index is 2.78. The fourth-order valence-electron chi connectivity index (χ4n) is 1.38. The third kappa shape index (κ3) is 1.21. The number of imidazole rings is 1. The Bertz CT molecular complexity index is 480. The molecule has 0 amide bonds. The lowest BCUT2D eigenvalue weighted by Crippen LogP contribution is -2.30. The predicted molar refractivity (Wildman–Crippen MR) is 51.3 cm³/mol. The van der Waals surface area contributed by atoms with E-state index in [0.717, 1.165) is 0 Å². The van der Waals surface area contributed by atoms with Crippen molar-refractivity contribution in [3.63, 3.8) is 0 Å². The molecular formula is C8H7BN2O3. The Hall–Kier alpha value is -1.66. The van der Waals surface area contributed by atoms with E-state index >= 15 is 0 Å². The van der Waals surface area contributed by atoms with Gasteiger partial charge in [0.15, 0.2) is 6.29 Å². The van der Waals surface area contributed by atoms with Gasteiger partial charge in [0, 0.05) is 11.0 Å². The van der Waals surface area contributed by atoms with Crippen molar-refractivity contribution in [2.45, 2.75) is 0 Å². The van der Waals surface area contributed by atoms with Crippen LogP contribution in [0.25, 0.3) is 11.0 Å². The Labute approximate surface area is 79.5 Å². The molecule has 0 fully saturated rings. The maximum Gasteiger partial charge on any atom is 0.490 e. The lowest BCUT2D eigenvalue weighted by atomic mass is 9.79. The molecule has 0 spiro atoms. The number of aromatic nitrogens is 2.